The number of carbonyl (C=O) groups is 1. The second-order valence-corrected chi connectivity index (χ2v) is 7.04. The maximum Gasteiger partial charge on any atom is 0.363 e. The summed E-state index contributed by atoms with van der Waals surface area (Å²) < 4.78 is 10.9. The third-order valence-electron chi connectivity index (χ3n) is 4.09. The summed E-state index contributed by atoms with van der Waals surface area (Å²) in [5, 5.41) is 12.6. The fraction of sp³-hybridized carbons (Fsp3) is 0.0476. The molecule has 0 amide bonds. The van der Waals surface area contributed by atoms with Crippen molar-refractivity contribution in [1.82, 2.24) is 0 Å². The quantitative estimate of drug-likeness (QED) is 0.259. The highest BCUT2D eigenvalue weighted by atomic mass is 32.1. The van der Waals surface area contributed by atoms with Crippen LogP contribution < -0.4 is 4.74 Å². The van der Waals surface area contributed by atoms with Crippen LogP contribution in [0.2, 0.25) is 0 Å². The number of thiophene rings is 1. The van der Waals surface area contributed by atoms with Gasteiger partial charge in [-0.15, -0.1) is 11.3 Å². The van der Waals surface area contributed by atoms with Gasteiger partial charge in [-0.25, -0.2) is 9.79 Å². The van der Waals surface area contributed by atoms with Crippen LogP contribution in [0, 0.1) is 10.1 Å². The molecule has 8 heteroatoms. The van der Waals surface area contributed by atoms with Crippen molar-refractivity contribution in [3.63, 3.8) is 0 Å². The molecule has 2 heterocycles. The summed E-state index contributed by atoms with van der Waals surface area (Å²) in [6.45, 7) is 0.291. The smallest absolute Gasteiger partial charge is 0.363 e. The van der Waals surface area contributed by atoms with Crippen LogP contribution in [-0.4, -0.2) is 16.8 Å². The summed E-state index contributed by atoms with van der Waals surface area (Å²) in [5.74, 6) is 0.480. The molecule has 1 aliphatic rings. The summed E-state index contributed by atoms with van der Waals surface area (Å²) >= 11 is 1.45. The molecule has 0 atom stereocenters. The topological polar surface area (TPSA) is 91.0 Å². The predicted molar refractivity (Wildman–Crippen MR) is 109 cm³/mol. The molecule has 0 N–H and O–H groups in total. The Morgan fingerprint density at radius 3 is 2.52 bits per heavy atom. The van der Waals surface area contributed by atoms with Gasteiger partial charge in [-0.1, -0.05) is 18.2 Å². The van der Waals surface area contributed by atoms with E-state index in [-0.39, 0.29) is 11.4 Å². The number of nitrogens with zero attached hydrogens (tertiary/aromatic N) is 2. The average Bonchev–Trinajstić information content (AvgIpc) is 3.38. The Balaban J connectivity index is 1.41. The van der Waals surface area contributed by atoms with E-state index in [1.54, 1.807) is 30.3 Å². The zero-order valence-electron chi connectivity index (χ0n) is 15.0. The molecule has 4 rings (SSSR count). The van der Waals surface area contributed by atoms with Crippen LogP contribution in [-0.2, 0) is 16.1 Å². The van der Waals surface area contributed by atoms with Crippen LogP contribution in [0.5, 0.6) is 5.75 Å². The maximum atomic E-state index is 12.0. The molecule has 0 radical (unpaired) electrons. The molecule has 1 aliphatic heterocycles. The Labute approximate surface area is 169 Å². The summed E-state index contributed by atoms with van der Waals surface area (Å²) in [4.78, 5) is 27.3. The van der Waals surface area contributed by atoms with Crippen LogP contribution in [0.4, 0.5) is 5.69 Å². The Morgan fingerprint density at radius 1 is 1.10 bits per heavy atom. The van der Waals surface area contributed by atoms with E-state index in [0.717, 1.165) is 16.0 Å². The monoisotopic (exact) mass is 406 g/mol. The number of ether oxygens (including phenoxy) is 2. The van der Waals surface area contributed by atoms with E-state index in [2.05, 4.69) is 4.99 Å². The summed E-state index contributed by atoms with van der Waals surface area (Å²) in [7, 11) is 0. The number of hydrogen-bond donors (Lipinski definition) is 0. The summed E-state index contributed by atoms with van der Waals surface area (Å²) in [5.41, 5.74) is 1.90. The molecule has 3 aromatic rings. The number of non-ortho nitro benzene ring substituents is 1. The maximum absolute atomic E-state index is 12.0. The molecule has 7 nitrogen and oxygen atoms in total. The minimum atomic E-state index is -0.480. The van der Waals surface area contributed by atoms with E-state index < -0.39 is 10.9 Å². The van der Waals surface area contributed by atoms with Crippen LogP contribution in [0.3, 0.4) is 0 Å². The van der Waals surface area contributed by atoms with E-state index >= 15 is 0 Å². The normalized spacial score (nSPS) is 14.6. The highest BCUT2D eigenvalue weighted by molar-refractivity contribution is 7.12. The standard InChI is InChI=1S/C21H14N2O5S/c24-21-18(22-20(28-21)19-2-1-11-29-19)12-14-5-9-17(10-6-14)27-13-15-3-7-16(8-4-15)23(25)26/h1-12H,13H2/b18-12+. The largest absolute Gasteiger partial charge is 0.489 e. The van der Waals surface area contributed by atoms with Crippen molar-refractivity contribution in [2.75, 3.05) is 0 Å². The van der Waals surface area contributed by atoms with Crippen molar-refractivity contribution < 1.29 is 19.2 Å². The van der Waals surface area contributed by atoms with E-state index in [0.29, 0.717) is 18.3 Å². The highest BCUT2D eigenvalue weighted by Gasteiger charge is 2.24. The predicted octanol–water partition coefficient (Wildman–Crippen LogP) is 4.58. The molecule has 2 aromatic carbocycles. The molecule has 0 fully saturated rings. The molecule has 29 heavy (non-hydrogen) atoms. The molecule has 0 bridgehead atoms. The van der Waals surface area contributed by atoms with Crippen molar-refractivity contribution in [3.8, 4) is 5.75 Å². The van der Waals surface area contributed by atoms with Crippen LogP contribution >= 0.6 is 11.3 Å². The molecule has 1 aromatic heterocycles. The van der Waals surface area contributed by atoms with Crippen molar-refractivity contribution in [2.45, 2.75) is 6.61 Å². The van der Waals surface area contributed by atoms with Gasteiger partial charge in [0.1, 0.15) is 12.4 Å². The van der Waals surface area contributed by atoms with Crippen molar-refractivity contribution in [1.29, 1.82) is 0 Å². The van der Waals surface area contributed by atoms with Gasteiger partial charge < -0.3 is 9.47 Å². The number of nitro benzene ring substituents is 1. The average molecular weight is 406 g/mol. The molecular weight excluding hydrogens is 392 g/mol. The lowest BCUT2D eigenvalue weighted by Crippen LogP contribution is -2.03. The molecule has 144 valence electrons. The Hall–Kier alpha value is -3.78. The first-order valence-corrected chi connectivity index (χ1v) is 9.49. The van der Waals surface area contributed by atoms with Gasteiger partial charge >= 0.3 is 5.97 Å². The fourth-order valence-electron chi connectivity index (χ4n) is 2.61. The lowest BCUT2D eigenvalue weighted by atomic mass is 10.2. The van der Waals surface area contributed by atoms with E-state index in [4.69, 9.17) is 9.47 Å². The highest BCUT2D eigenvalue weighted by Crippen LogP contribution is 2.23. The molecule has 0 unspecified atom stereocenters. The lowest BCUT2D eigenvalue weighted by molar-refractivity contribution is -0.384. The second-order valence-electron chi connectivity index (χ2n) is 6.09. The molecule has 0 spiro atoms. The number of aliphatic imine (C=N–C) groups is 1. The van der Waals surface area contributed by atoms with Crippen LogP contribution in [0.15, 0.2) is 76.7 Å². The Kier molecular flexibility index (Phi) is 5.17. The first-order valence-electron chi connectivity index (χ1n) is 8.61. The zero-order valence-corrected chi connectivity index (χ0v) is 15.8. The second kappa shape index (κ2) is 8.07. The van der Waals surface area contributed by atoms with E-state index in [1.807, 2.05) is 29.6 Å². The number of carbonyl (C=O) groups excluding carboxylic acids is 1. The minimum Gasteiger partial charge on any atom is -0.489 e. The summed E-state index contributed by atoms with van der Waals surface area (Å²) in [6.07, 6.45) is 1.66. The van der Waals surface area contributed by atoms with Crippen molar-refractivity contribution in [3.05, 3.63) is 97.9 Å². The first-order chi connectivity index (χ1) is 14.1. The van der Waals surface area contributed by atoms with Crippen LogP contribution in [0.1, 0.15) is 16.0 Å². The van der Waals surface area contributed by atoms with Crippen LogP contribution in [0.25, 0.3) is 6.08 Å². The number of esters is 1. The number of cyclic esters (lactones) is 1. The van der Waals surface area contributed by atoms with Gasteiger partial charge in [-0.3, -0.25) is 10.1 Å². The third-order valence-corrected chi connectivity index (χ3v) is 4.95. The number of benzene rings is 2. The molecular formula is C21H14N2O5S. The zero-order chi connectivity index (χ0) is 20.2. The first kappa shape index (κ1) is 18.6. The van der Waals surface area contributed by atoms with Gasteiger partial charge in [0.25, 0.3) is 5.69 Å². The molecule has 0 saturated carbocycles. The van der Waals surface area contributed by atoms with Gasteiger partial charge in [0.2, 0.25) is 5.90 Å². The van der Waals surface area contributed by atoms with Gasteiger partial charge in [-0.2, -0.15) is 0 Å². The third kappa shape index (κ3) is 4.39. The molecule has 0 saturated heterocycles. The SMILES string of the molecule is O=C1OC(c2cccs2)=N/C1=C/c1ccc(OCc2ccc([N+](=O)[O-])cc2)cc1. The number of rotatable bonds is 6. The van der Waals surface area contributed by atoms with E-state index in [9.17, 15) is 14.9 Å². The Morgan fingerprint density at radius 2 is 1.86 bits per heavy atom. The summed E-state index contributed by atoms with van der Waals surface area (Å²) in [6, 6.07) is 17.1. The number of nitro groups is 1. The van der Waals surface area contributed by atoms with E-state index in [1.165, 1.54) is 23.5 Å². The van der Waals surface area contributed by atoms with Gasteiger partial charge in [0, 0.05) is 12.1 Å². The van der Waals surface area contributed by atoms with Crippen molar-refractivity contribution in [2.24, 2.45) is 4.99 Å². The Bertz CT molecular complexity index is 1100. The molecule has 0 aliphatic carbocycles. The fourth-order valence-corrected chi connectivity index (χ4v) is 3.26. The van der Waals surface area contributed by atoms with Gasteiger partial charge in [-0.05, 0) is 52.9 Å². The lowest BCUT2D eigenvalue weighted by Gasteiger charge is -2.06. The number of hydrogen-bond acceptors (Lipinski definition) is 7. The van der Waals surface area contributed by atoms with Gasteiger partial charge in [0.05, 0.1) is 9.80 Å². The minimum absolute atomic E-state index is 0.0430. The van der Waals surface area contributed by atoms with Gasteiger partial charge in [0.15, 0.2) is 5.70 Å². The van der Waals surface area contributed by atoms with Crippen molar-refractivity contribution >= 4 is 35.0 Å².